The summed E-state index contributed by atoms with van der Waals surface area (Å²) in [5, 5.41) is 2.84. The molecule has 0 saturated heterocycles. The molecule has 0 unspecified atom stereocenters. The number of nitrogens with one attached hydrogen (secondary N) is 1. The van der Waals surface area contributed by atoms with E-state index in [1.54, 1.807) is 41.3 Å². The van der Waals surface area contributed by atoms with E-state index in [0.717, 1.165) is 10.2 Å². The summed E-state index contributed by atoms with van der Waals surface area (Å²) in [6, 6.07) is 21.6. The van der Waals surface area contributed by atoms with Crippen LogP contribution in [0.2, 0.25) is 0 Å². The number of para-hydroxylation sites is 1. The highest BCUT2D eigenvalue weighted by atomic mass is 79.9. The summed E-state index contributed by atoms with van der Waals surface area (Å²) in [6.07, 6.45) is 0. The van der Waals surface area contributed by atoms with Crippen molar-refractivity contribution in [2.24, 2.45) is 0 Å². The number of carbonyl (C=O) groups is 2. The zero-order chi connectivity index (χ0) is 20.8. The molecule has 0 heterocycles. The van der Waals surface area contributed by atoms with Crippen molar-refractivity contribution >= 4 is 39.1 Å². The smallest absolute Gasteiger partial charge is 0.259 e. The lowest BCUT2D eigenvalue weighted by Gasteiger charge is -2.21. The second-order valence-corrected chi connectivity index (χ2v) is 7.18. The minimum atomic E-state index is -0.290. The first-order valence-corrected chi connectivity index (χ1v) is 9.94. The Morgan fingerprint density at radius 3 is 2.31 bits per heavy atom. The molecule has 0 aliphatic heterocycles. The van der Waals surface area contributed by atoms with Gasteiger partial charge in [-0.3, -0.25) is 9.59 Å². The van der Waals surface area contributed by atoms with Gasteiger partial charge < -0.3 is 15.0 Å². The Morgan fingerprint density at radius 2 is 1.69 bits per heavy atom. The van der Waals surface area contributed by atoms with Gasteiger partial charge in [0.2, 0.25) is 0 Å². The van der Waals surface area contributed by atoms with Crippen molar-refractivity contribution < 1.29 is 14.3 Å². The zero-order valence-electron chi connectivity index (χ0n) is 16.2. The maximum Gasteiger partial charge on any atom is 0.259 e. The van der Waals surface area contributed by atoms with Crippen LogP contribution in [0.3, 0.4) is 0 Å². The highest BCUT2D eigenvalue weighted by molar-refractivity contribution is 9.10. The molecule has 0 atom stereocenters. The predicted molar refractivity (Wildman–Crippen MR) is 119 cm³/mol. The number of carbonyl (C=O) groups excluding carboxylic acids is 2. The number of hydrogen-bond acceptors (Lipinski definition) is 3. The molecule has 0 spiro atoms. The summed E-state index contributed by atoms with van der Waals surface area (Å²) in [4.78, 5) is 27.2. The Labute approximate surface area is 178 Å². The summed E-state index contributed by atoms with van der Waals surface area (Å²) in [7, 11) is 1.52. The van der Waals surface area contributed by atoms with E-state index in [9.17, 15) is 9.59 Å². The van der Waals surface area contributed by atoms with Crippen molar-refractivity contribution in [1.29, 1.82) is 0 Å². The highest BCUT2D eigenvalue weighted by Gasteiger charge is 2.17. The number of ether oxygens (including phenoxy) is 1. The van der Waals surface area contributed by atoms with Gasteiger partial charge in [-0.15, -0.1) is 0 Å². The predicted octanol–water partition coefficient (Wildman–Crippen LogP) is 5.38. The summed E-state index contributed by atoms with van der Waals surface area (Å²) in [6.45, 7) is 2.49. The van der Waals surface area contributed by atoms with Gasteiger partial charge in [0.25, 0.3) is 11.8 Å². The van der Waals surface area contributed by atoms with Crippen molar-refractivity contribution in [3.05, 3.63) is 88.4 Å². The molecule has 3 rings (SSSR count). The number of amides is 2. The number of hydrogen-bond donors (Lipinski definition) is 1. The lowest BCUT2D eigenvalue weighted by Crippen LogP contribution is -2.30. The van der Waals surface area contributed by atoms with E-state index >= 15 is 0 Å². The Bertz CT molecular complexity index is 1000. The number of benzene rings is 3. The molecule has 0 bridgehead atoms. The SMILES string of the molecule is CCN(C(=O)c1ccc(NC(=O)c2cc(Br)ccc2OC)cc1)c1ccccc1. The number of methoxy groups -OCH3 is 1. The van der Waals surface area contributed by atoms with Crippen molar-refractivity contribution in [2.45, 2.75) is 6.92 Å². The molecule has 2 amide bonds. The first-order chi connectivity index (χ1) is 14.0. The largest absolute Gasteiger partial charge is 0.496 e. The summed E-state index contributed by atoms with van der Waals surface area (Å²) < 4.78 is 6.04. The third kappa shape index (κ3) is 4.84. The Kier molecular flexibility index (Phi) is 6.67. The van der Waals surface area contributed by atoms with Crippen LogP contribution in [0.25, 0.3) is 0 Å². The molecular formula is C23H21BrN2O3. The molecule has 0 fully saturated rings. The van der Waals surface area contributed by atoms with Crippen molar-refractivity contribution in [3.8, 4) is 5.75 Å². The first kappa shape index (κ1) is 20.6. The molecule has 0 radical (unpaired) electrons. The van der Waals surface area contributed by atoms with Gasteiger partial charge in [0.1, 0.15) is 5.75 Å². The molecule has 3 aromatic rings. The maximum absolute atomic E-state index is 12.9. The second kappa shape index (κ2) is 9.39. The fourth-order valence-electron chi connectivity index (χ4n) is 2.96. The molecular weight excluding hydrogens is 432 g/mol. The molecule has 0 saturated carbocycles. The van der Waals surface area contributed by atoms with Gasteiger partial charge in [-0.05, 0) is 61.5 Å². The third-order valence-electron chi connectivity index (χ3n) is 4.43. The van der Waals surface area contributed by atoms with E-state index in [2.05, 4.69) is 21.2 Å². The van der Waals surface area contributed by atoms with E-state index in [0.29, 0.717) is 29.1 Å². The van der Waals surface area contributed by atoms with Crippen LogP contribution in [-0.2, 0) is 0 Å². The normalized spacial score (nSPS) is 10.3. The van der Waals surface area contributed by atoms with Gasteiger partial charge in [0.15, 0.2) is 0 Å². The standard InChI is InChI=1S/C23H21BrN2O3/c1-3-26(19-7-5-4-6-8-19)23(28)16-9-12-18(13-10-16)25-22(27)20-15-17(24)11-14-21(20)29-2/h4-15H,3H2,1-2H3,(H,25,27). The van der Waals surface area contributed by atoms with Crippen LogP contribution in [0.5, 0.6) is 5.75 Å². The number of nitrogens with zero attached hydrogens (tertiary/aromatic N) is 1. The van der Waals surface area contributed by atoms with Crippen LogP contribution < -0.4 is 15.0 Å². The molecule has 3 aromatic carbocycles. The van der Waals surface area contributed by atoms with Crippen molar-refractivity contribution in [1.82, 2.24) is 0 Å². The van der Waals surface area contributed by atoms with Crippen LogP contribution in [0, 0.1) is 0 Å². The lowest BCUT2D eigenvalue weighted by molar-refractivity contribution is 0.0987. The topological polar surface area (TPSA) is 58.6 Å². The van der Waals surface area contributed by atoms with E-state index < -0.39 is 0 Å². The van der Waals surface area contributed by atoms with Gasteiger partial charge in [-0.1, -0.05) is 34.1 Å². The minimum Gasteiger partial charge on any atom is -0.496 e. The highest BCUT2D eigenvalue weighted by Crippen LogP contribution is 2.24. The second-order valence-electron chi connectivity index (χ2n) is 6.26. The number of anilines is 2. The third-order valence-corrected chi connectivity index (χ3v) is 4.92. The molecule has 6 heteroatoms. The summed E-state index contributed by atoms with van der Waals surface area (Å²) >= 11 is 3.37. The van der Waals surface area contributed by atoms with Gasteiger partial charge in [-0.2, -0.15) is 0 Å². The molecule has 0 aromatic heterocycles. The van der Waals surface area contributed by atoms with Crippen LogP contribution in [0.15, 0.2) is 77.3 Å². The van der Waals surface area contributed by atoms with Crippen LogP contribution in [0.4, 0.5) is 11.4 Å². The van der Waals surface area contributed by atoms with Gasteiger partial charge in [-0.25, -0.2) is 0 Å². The van der Waals surface area contributed by atoms with Gasteiger partial charge >= 0.3 is 0 Å². The Balaban J connectivity index is 1.76. The molecule has 148 valence electrons. The Morgan fingerprint density at radius 1 is 1.00 bits per heavy atom. The molecule has 29 heavy (non-hydrogen) atoms. The van der Waals surface area contributed by atoms with Crippen LogP contribution in [0.1, 0.15) is 27.6 Å². The minimum absolute atomic E-state index is 0.0924. The van der Waals surface area contributed by atoms with Crippen LogP contribution >= 0.6 is 15.9 Å². The Hall–Kier alpha value is -3.12. The quantitative estimate of drug-likeness (QED) is 0.546. The van der Waals surface area contributed by atoms with E-state index in [1.165, 1.54) is 7.11 Å². The maximum atomic E-state index is 12.9. The fraction of sp³-hybridized carbons (Fsp3) is 0.130. The van der Waals surface area contributed by atoms with Crippen LogP contribution in [-0.4, -0.2) is 25.5 Å². The lowest BCUT2D eigenvalue weighted by atomic mass is 10.1. The molecule has 1 N–H and O–H groups in total. The molecule has 0 aliphatic rings. The average molecular weight is 453 g/mol. The average Bonchev–Trinajstić information content (AvgIpc) is 2.75. The van der Waals surface area contributed by atoms with E-state index in [1.807, 2.05) is 43.3 Å². The zero-order valence-corrected chi connectivity index (χ0v) is 17.8. The van der Waals surface area contributed by atoms with Gasteiger partial charge in [0, 0.05) is 28.0 Å². The number of rotatable bonds is 6. The summed E-state index contributed by atoms with van der Waals surface area (Å²) in [5.41, 5.74) is 2.41. The molecule has 5 nitrogen and oxygen atoms in total. The fourth-order valence-corrected chi connectivity index (χ4v) is 3.32. The van der Waals surface area contributed by atoms with Crippen molar-refractivity contribution in [3.63, 3.8) is 0 Å². The van der Waals surface area contributed by atoms with E-state index in [-0.39, 0.29) is 11.8 Å². The summed E-state index contributed by atoms with van der Waals surface area (Å²) in [5.74, 6) is 0.103. The first-order valence-electron chi connectivity index (χ1n) is 9.15. The number of halogens is 1. The van der Waals surface area contributed by atoms with E-state index in [4.69, 9.17) is 4.74 Å². The monoisotopic (exact) mass is 452 g/mol. The van der Waals surface area contributed by atoms with Crippen molar-refractivity contribution in [2.75, 3.05) is 23.9 Å². The van der Waals surface area contributed by atoms with Gasteiger partial charge in [0.05, 0.1) is 12.7 Å². The molecule has 0 aliphatic carbocycles.